The van der Waals surface area contributed by atoms with E-state index in [2.05, 4.69) is 63.6 Å². The fourth-order valence-electron chi connectivity index (χ4n) is 4.80. The number of benzene rings is 2. The lowest BCUT2D eigenvalue weighted by atomic mass is 9.78. The number of nitrogens with zero attached hydrogens (tertiary/aromatic N) is 3. The first-order chi connectivity index (χ1) is 17.8. The normalized spacial score (nSPS) is 15.2. The molecule has 4 rings (SSSR count). The highest BCUT2D eigenvalue weighted by Gasteiger charge is 2.28. The minimum Gasteiger partial charge on any atom is -0.507 e. The molecule has 0 aliphatic carbocycles. The average Bonchev–Trinajstić information content (AvgIpc) is 3.39. The Hall–Kier alpha value is -3.32. The van der Waals surface area contributed by atoms with E-state index >= 15 is 0 Å². The Balaban J connectivity index is 1.40. The summed E-state index contributed by atoms with van der Waals surface area (Å²) in [5, 5.41) is 13.0. The number of aromatic hydroxyl groups is 1. The molecule has 0 bridgehead atoms. The van der Waals surface area contributed by atoms with Gasteiger partial charge in [0.2, 0.25) is 5.91 Å². The van der Waals surface area contributed by atoms with Gasteiger partial charge in [-0.2, -0.15) is 0 Å². The van der Waals surface area contributed by atoms with Crippen molar-refractivity contribution in [2.75, 3.05) is 31.1 Å². The van der Waals surface area contributed by atoms with Gasteiger partial charge < -0.3 is 20.6 Å². The molecule has 0 unspecified atom stereocenters. The number of aliphatic imine (C=N–C) groups is 1. The van der Waals surface area contributed by atoms with Crippen molar-refractivity contribution in [3.63, 3.8) is 0 Å². The van der Waals surface area contributed by atoms with E-state index in [1.165, 1.54) is 0 Å². The topological polar surface area (TPSA) is 82.2 Å². The predicted octanol–water partition coefficient (Wildman–Crippen LogP) is 5.98. The van der Waals surface area contributed by atoms with Gasteiger partial charge in [0.15, 0.2) is 0 Å². The largest absolute Gasteiger partial charge is 0.507 e. The molecule has 2 heterocycles. The minimum atomic E-state index is -0.217. The third-order valence-electron chi connectivity index (χ3n) is 7.01. The van der Waals surface area contributed by atoms with Crippen molar-refractivity contribution in [1.82, 2.24) is 4.90 Å². The summed E-state index contributed by atoms with van der Waals surface area (Å²) in [5.41, 5.74) is 10.4. The summed E-state index contributed by atoms with van der Waals surface area (Å²) in [7, 11) is 0. The van der Waals surface area contributed by atoms with E-state index in [4.69, 9.17) is 5.73 Å². The molecule has 1 aromatic heterocycles. The summed E-state index contributed by atoms with van der Waals surface area (Å²) >= 11 is 1.58. The maximum Gasteiger partial charge on any atom is 0.227 e. The van der Waals surface area contributed by atoms with Gasteiger partial charge in [-0.25, -0.2) is 4.99 Å². The van der Waals surface area contributed by atoms with E-state index in [1.807, 2.05) is 46.7 Å². The molecule has 0 radical (unpaired) electrons. The van der Waals surface area contributed by atoms with Crippen LogP contribution in [0.4, 0.5) is 11.4 Å². The van der Waals surface area contributed by atoms with Crippen LogP contribution in [0.2, 0.25) is 0 Å². The van der Waals surface area contributed by atoms with Crippen LogP contribution in [0, 0.1) is 0 Å². The summed E-state index contributed by atoms with van der Waals surface area (Å²) in [6, 6.07) is 16.0. The fourth-order valence-corrected chi connectivity index (χ4v) is 5.42. The van der Waals surface area contributed by atoms with Crippen molar-refractivity contribution in [3.05, 3.63) is 75.5 Å². The number of thiophene rings is 1. The molecular weight excluding hydrogens is 492 g/mol. The third-order valence-corrected chi connectivity index (χ3v) is 7.90. The zero-order valence-corrected chi connectivity index (χ0v) is 24.2. The summed E-state index contributed by atoms with van der Waals surface area (Å²) in [5.74, 6) is 1.00. The average molecular weight is 533 g/mol. The van der Waals surface area contributed by atoms with Crippen LogP contribution in [0.1, 0.15) is 63.1 Å². The molecule has 6 nitrogen and oxygen atoms in total. The number of phenols is 1. The number of hydrogen-bond donors (Lipinski definition) is 2. The molecule has 0 atom stereocenters. The highest BCUT2D eigenvalue weighted by Crippen LogP contribution is 2.40. The van der Waals surface area contributed by atoms with Gasteiger partial charge >= 0.3 is 0 Å². The van der Waals surface area contributed by atoms with Crippen molar-refractivity contribution in [2.24, 2.45) is 10.7 Å². The van der Waals surface area contributed by atoms with Gasteiger partial charge in [-0.1, -0.05) is 59.7 Å². The van der Waals surface area contributed by atoms with E-state index in [1.54, 1.807) is 11.3 Å². The van der Waals surface area contributed by atoms with Gasteiger partial charge in [0, 0.05) is 31.9 Å². The number of amidine groups is 1. The first-order valence-corrected chi connectivity index (χ1v) is 14.1. The molecule has 7 heteroatoms. The molecule has 1 aliphatic heterocycles. The standard InChI is InChI=1S/C31H40N4O2S/c1-30(2,3)24-18-21(19-25(28(24)37)31(4,5)6)20-27(36)35-15-13-34(14-16-35)23-11-9-22(10-12-23)33-29(32)26-8-7-17-38-26/h7-12,17-19,37H,13-16,20H2,1-6H3,(H2,32,33). The van der Waals surface area contributed by atoms with Crippen molar-refractivity contribution in [2.45, 2.75) is 58.8 Å². The van der Waals surface area contributed by atoms with E-state index in [9.17, 15) is 9.90 Å². The van der Waals surface area contributed by atoms with E-state index < -0.39 is 0 Å². The number of phenolic OH excluding ortho intramolecular Hbond substituents is 1. The van der Waals surface area contributed by atoms with Crippen molar-refractivity contribution in [3.8, 4) is 5.75 Å². The van der Waals surface area contributed by atoms with Crippen LogP contribution in [-0.2, 0) is 22.0 Å². The van der Waals surface area contributed by atoms with Crippen LogP contribution in [0.25, 0.3) is 0 Å². The van der Waals surface area contributed by atoms with Crippen molar-refractivity contribution in [1.29, 1.82) is 0 Å². The van der Waals surface area contributed by atoms with Crippen LogP contribution in [0.3, 0.4) is 0 Å². The molecule has 1 amide bonds. The maximum absolute atomic E-state index is 13.3. The van der Waals surface area contributed by atoms with Crippen LogP contribution in [-0.4, -0.2) is 47.9 Å². The Morgan fingerprint density at radius 3 is 2.03 bits per heavy atom. The molecule has 1 saturated heterocycles. The highest BCUT2D eigenvalue weighted by molar-refractivity contribution is 7.12. The van der Waals surface area contributed by atoms with Gasteiger partial charge in [0.05, 0.1) is 17.0 Å². The molecule has 3 N–H and O–H groups in total. The Morgan fingerprint density at radius 1 is 0.947 bits per heavy atom. The van der Waals surface area contributed by atoms with Crippen LogP contribution in [0.15, 0.2) is 58.9 Å². The number of hydrogen-bond acceptors (Lipinski definition) is 5. The Morgan fingerprint density at radius 2 is 1.53 bits per heavy atom. The molecule has 3 aromatic rings. The molecule has 0 saturated carbocycles. The van der Waals surface area contributed by atoms with Gasteiger partial charge in [-0.05, 0) is 63.2 Å². The number of carbonyl (C=O) groups is 1. The molecule has 1 fully saturated rings. The maximum atomic E-state index is 13.3. The second-order valence-corrected chi connectivity index (χ2v) is 13.0. The quantitative estimate of drug-likeness (QED) is 0.313. The summed E-state index contributed by atoms with van der Waals surface area (Å²) < 4.78 is 0. The lowest BCUT2D eigenvalue weighted by Gasteiger charge is -2.36. The second-order valence-electron chi connectivity index (χ2n) is 12.1. The first kappa shape index (κ1) is 27.7. The van der Waals surface area contributed by atoms with E-state index in [0.29, 0.717) is 31.1 Å². The second kappa shape index (κ2) is 10.8. The molecule has 202 valence electrons. The van der Waals surface area contributed by atoms with Crippen LogP contribution < -0.4 is 10.6 Å². The number of piperazine rings is 1. The monoisotopic (exact) mass is 532 g/mol. The Labute approximate surface area is 230 Å². The zero-order chi connectivity index (χ0) is 27.7. The smallest absolute Gasteiger partial charge is 0.227 e. The highest BCUT2D eigenvalue weighted by atomic mass is 32.1. The lowest BCUT2D eigenvalue weighted by Crippen LogP contribution is -2.49. The third kappa shape index (κ3) is 6.38. The van der Waals surface area contributed by atoms with Gasteiger partial charge in [0.1, 0.15) is 11.6 Å². The number of rotatable bonds is 5. The lowest BCUT2D eigenvalue weighted by molar-refractivity contribution is -0.130. The Bertz CT molecular complexity index is 1260. The molecule has 0 spiro atoms. The SMILES string of the molecule is CC(C)(C)c1cc(CC(=O)N2CCN(c3ccc(N=C(N)c4cccs4)cc3)CC2)cc(C(C)(C)C)c1O. The van der Waals surface area contributed by atoms with Crippen molar-refractivity contribution < 1.29 is 9.90 Å². The molecule has 1 aliphatic rings. The molecule has 2 aromatic carbocycles. The van der Waals surface area contributed by atoms with Gasteiger partial charge in [0.25, 0.3) is 0 Å². The first-order valence-electron chi connectivity index (χ1n) is 13.2. The zero-order valence-electron chi connectivity index (χ0n) is 23.4. The summed E-state index contributed by atoms with van der Waals surface area (Å²) in [6.45, 7) is 15.5. The number of nitrogens with two attached hydrogens (primary N) is 1. The van der Waals surface area contributed by atoms with Crippen molar-refractivity contribution >= 4 is 34.5 Å². The minimum absolute atomic E-state index is 0.129. The number of amides is 1. The molecular formula is C31H40N4O2S. The van der Waals surface area contributed by atoms with Gasteiger partial charge in [-0.15, -0.1) is 11.3 Å². The van der Waals surface area contributed by atoms with Crippen LogP contribution >= 0.6 is 11.3 Å². The number of carbonyl (C=O) groups excluding carboxylic acids is 1. The summed E-state index contributed by atoms with van der Waals surface area (Å²) in [4.78, 5) is 23.0. The Kier molecular flexibility index (Phi) is 7.88. The fraction of sp³-hybridized carbons (Fsp3) is 0.419. The number of anilines is 1. The van der Waals surface area contributed by atoms with Gasteiger partial charge in [-0.3, -0.25) is 4.79 Å². The van der Waals surface area contributed by atoms with E-state index in [0.717, 1.165) is 46.0 Å². The molecule has 38 heavy (non-hydrogen) atoms. The van der Waals surface area contributed by atoms with Crippen LogP contribution in [0.5, 0.6) is 5.75 Å². The predicted molar refractivity (Wildman–Crippen MR) is 159 cm³/mol. The van der Waals surface area contributed by atoms with E-state index in [-0.39, 0.29) is 16.7 Å². The summed E-state index contributed by atoms with van der Waals surface area (Å²) in [6.07, 6.45) is 0.338.